The molecule has 1 aliphatic rings. The molecular weight excluding hydrogens is 390 g/mol. The highest BCUT2D eigenvalue weighted by Crippen LogP contribution is 2.25. The van der Waals surface area contributed by atoms with Crippen molar-refractivity contribution in [3.8, 4) is 5.75 Å². The lowest BCUT2D eigenvalue weighted by molar-refractivity contribution is -0.129. The fourth-order valence-electron chi connectivity index (χ4n) is 3.70. The summed E-state index contributed by atoms with van der Waals surface area (Å²) in [6.07, 6.45) is 0.961. The van der Waals surface area contributed by atoms with Crippen LogP contribution in [0.25, 0.3) is 0 Å². The number of likely N-dealkylation sites (N-methyl/N-ethyl adjacent to an activating group) is 1. The maximum absolute atomic E-state index is 12.3. The first-order valence-electron chi connectivity index (χ1n) is 10.7. The third-order valence-electron chi connectivity index (χ3n) is 5.81. The number of hydrogen-bond acceptors (Lipinski definition) is 4. The van der Waals surface area contributed by atoms with Crippen molar-refractivity contribution < 1.29 is 14.3 Å². The van der Waals surface area contributed by atoms with E-state index in [4.69, 9.17) is 4.74 Å². The zero-order valence-corrected chi connectivity index (χ0v) is 19.1. The zero-order valence-electron chi connectivity index (χ0n) is 19.1. The van der Waals surface area contributed by atoms with Gasteiger partial charge in [0.2, 0.25) is 5.91 Å². The van der Waals surface area contributed by atoms with Gasteiger partial charge in [0.15, 0.2) is 6.61 Å². The minimum absolute atomic E-state index is 0.0399. The molecule has 166 valence electrons. The molecule has 6 nitrogen and oxygen atoms in total. The van der Waals surface area contributed by atoms with Gasteiger partial charge in [-0.3, -0.25) is 9.59 Å². The Bertz CT molecular complexity index is 901. The molecule has 1 aliphatic heterocycles. The quantitative estimate of drug-likeness (QED) is 0.761. The molecule has 31 heavy (non-hydrogen) atoms. The maximum Gasteiger partial charge on any atom is 0.262 e. The second kappa shape index (κ2) is 9.41. The third-order valence-corrected chi connectivity index (χ3v) is 5.81. The lowest BCUT2D eigenvalue weighted by atomic mass is 9.87. The Morgan fingerprint density at radius 2 is 1.74 bits per heavy atom. The molecule has 0 radical (unpaired) electrons. The van der Waals surface area contributed by atoms with E-state index in [1.165, 1.54) is 5.56 Å². The molecular formula is C25H33N3O3. The highest BCUT2D eigenvalue weighted by molar-refractivity contribution is 5.92. The van der Waals surface area contributed by atoms with Gasteiger partial charge in [0.05, 0.1) is 6.04 Å². The molecule has 0 saturated carbocycles. The second-order valence-corrected chi connectivity index (χ2v) is 9.18. The van der Waals surface area contributed by atoms with Gasteiger partial charge >= 0.3 is 0 Å². The van der Waals surface area contributed by atoms with Gasteiger partial charge in [0.1, 0.15) is 5.75 Å². The number of amides is 2. The monoisotopic (exact) mass is 423 g/mol. The highest BCUT2D eigenvalue weighted by Gasteiger charge is 2.27. The summed E-state index contributed by atoms with van der Waals surface area (Å²) in [6, 6.07) is 15.9. The van der Waals surface area contributed by atoms with E-state index in [9.17, 15) is 9.59 Å². The number of carbonyl (C=O) groups is 2. The molecule has 1 N–H and O–H groups in total. The first kappa shape index (κ1) is 22.7. The number of ether oxygens (including phenoxy) is 1. The molecule has 6 heteroatoms. The zero-order chi connectivity index (χ0) is 22.6. The Morgan fingerprint density at radius 3 is 2.32 bits per heavy atom. The van der Waals surface area contributed by atoms with Crippen molar-refractivity contribution in [3.05, 3.63) is 54.1 Å². The first-order valence-corrected chi connectivity index (χ1v) is 10.7. The molecule has 2 aromatic rings. The molecule has 3 rings (SSSR count). The van der Waals surface area contributed by atoms with Crippen LogP contribution in [0, 0.1) is 0 Å². The summed E-state index contributed by atoms with van der Waals surface area (Å²) in [6.45, 7) is 9.78. The van der Waals surface area contributed by atoms with Gasteiger partial charge in [0, 0.05) is 38.4 Å². The smallest absolute Gasteiger partial charge is 0.262 e. The Labute approximate surface area is 185 Å². The molecule has 1 heterocycles. The molecule has 0 aromatic heterocycles. The minimum Gasteiger partial charge on any atom is -0.484 e. The SMILES string of the molecule is CC(=O)N(C)C1CCN(c2ccc(NC(=O)COc3ccc(C(C)(C)C)cc3)cc2)C1. The Morgan fingerprint density at radius 1 is 1.10 bits per heavy atom. The molecule has 0 spiro atoms. The minimum atomic E-state index is -0.197. The standard InChI is InChI=1S/C25H33N3O3/c1-18(29)27(5)22-14-15-28(16-22)21-10-8-20(9-11-21)26-24(30)17-31-23-12-6-19(7-13-23)25(2,3)4/h6-13,22H,14-17H2,1-5H3,(H,26,30). The summed E-state index contributed by atoms with van der Waals surface area (Å²) in [5.41, 5.74) is 3.13. The molecule has 0 bridgehead atoms. The van der Waals surface area contributed by atoms with Crippen LogP contribution >= 0.6 is 0 Å². The fraction of sp³-hybridized carbons (Fsp3) is 0.440. The van der Waals surface area contributed by atoms with Gasteiger partial charge in [0.25, 0.3) is 5.91 Å². The van der Waals surface area contributed by atoms with Crippen molar-refractivity contribution in [2.24, 2.45) is 0 Å². The third kappa shape index (κ3) is 6.00. The molecule has 2 aromatic carbocycles. The number of carbonyl (C=O) groups excluding carboxylic acids is 2. The summed E-state index contributed by atoms with van der Waals surface area (Å²) in [5.74, 6) is 0.576. The average Bonchev–Trinajstić information content (AvgIpc) is 3.22. The summed E-state index contributed by atoms with van der Waals surface area (Å²) in [7, 11) is 1.86. The predicted molar refractivity (Wildman–Crippen MR) is 125 cm³/mol. The Hall–Kier alpha value is -3.02. The van der Waals surface area contributed by atoms with E-state index >= 15 is 0 Å². The van der Waals surface area contributed by atoms with Crippen molar-refractivity contribution in [2.45, 2.75) is 45.6 Å². The largest absolute Gasteiger partial charge is 0.484 e. The van der Waals surface area contributed by atoms with E-state index in [1.807, 2.05) is 60.5 Å². The van der Waals surface area contributed by atoms with Gasteiger partial charge in [-0.1, -0.05) is 32.9 Å². The molecule has 1 saturated heterocycles. The van der Waals surface area contributed by atoms with Crippen molar-refractivity contribution in [3.63, 3.8) is 0 Å². The van der Waals surface area contributed by atoms with Crippen LogP contribution < -0.4 is 15.0 Å². The van der Waals surface area contributed by atoms with E-state index < -0.39 is 0 Å². The number of anilines is 2. The van der Waals surface area contributed by atoms with Crippen LogP contribution in [0.4, 0.5) is 11.4 Å². The van der Waals surface area contributed by atoms with Crippen LogP contribution in [0.2, 0.25) is 0 Å². The summed E-state index contributed by atoms with van der Waals surface area (Å²) < 4.78 is 5.61. The van der Waals surface area contributed by atoms with E-state index in [0.717, 1.165) is 30.9 Å². The highest BCUT2D eigenvalue weighted by atomic mass is 16.5. The maximum atomic E-state index is 12.3. The van der Waals surface area contributed by atoms with E-state index in [2.05, 4.69) is 31.0 Å². The Kier molecular flexibility index (Phi) is 6.88. The lowest BCUT2D eigenvalue weighted by Gasteiger charge is -2.24. The second-order valence-electron chi connectivity index (χ2n) is 9.18. The molecule has 1 fully saturated rings. The van der Waals surface area contributed by atoms with Gasteiger partial charge in [-0.05, 0) is 53.8 Å². The summed E-state index contributed by atoms with van der Waals surface area (Å²) >= 11 is 0. The van der Waals surface area contributed by atoms with Crippen LogP contribution in [0.1, 0.15) is 39.7 Å². The van der Waals surface area contributed by atoms with Crippen LogP contribution in [0.15, 0.2) is 48.5 Å². The van der Waals surface area contributed by atoms with Crippen molar-refractivity contribution in [1.29, 1.82) is 0 Å². The first-order chi connectivity index (χ1) is 14.6. The topological polar surface area (TPSA) is 61.9 Å². The number of nitrogens with zero attached hydrogens (tertiary/aromatic N) is 2. The number of benzene rings is 2. The van der Waals surface area contributed by atoms with E-state index in [0.29, 0.717) is 5.75 Å². The molecule has 1 atom stereocenters. The number of nitrogens with one attached hydrogen (secondary N) is 1. The van der Waals surface area contributed by atoms with Crippen molar-refractivity contribution in [2.75, 3.05) is 37.0 Å². The van der Waals surface area contributed by atoms with E-state index in [-0.39, 0.29) is 29.9 Å². The fourth-order valence-corrected chi connectivity index (χ4v) is 3.70. The normalized spacial score (nSPS) is 16.2. The van der Waals surface area contributed by atoms with Crippen LogP contribution in [0.3, 0.4) is 0 Å². The van der Waals surface area contributed by atoms with Gasteiger partial charge < -0.3 is 19.9 Å². The molecule has 1 unspecified atom stereocenters. The molecule has 2 amide bonds. The van der Waals surface area contributed by atoms with E-state index in [1.54, 1.807) is 6.92 Å². The number of hydrogen-bond donors (Lipinski definition) is 1. The van der Waals surface area contributed by atoms with Crippen LogP contribution in [0.5, 0.6) is 5.75 Å². The van der Waals surface area contributed by atoms with Gasteiger partial charge in [-0.2, -0.15) is 0 Å². The summed E-state index contributed by atoms with van der Waals surface area (Å²) in [5, 5.41) is 2.87. The number of rotatable bonds is 6. The predicted octanol–water partition coefficient (Wildman–Crippen LogP) is 4.06. The lowest BCUT2D eigenvalue weighted by Crippen LogP contribution is -2.37. The average molecular weight is 424 g/mol. The van der Waals surface area contributed by atoms with Crippen LogP contribution in [-0.2, 0) is 15.0 Å². The summed E-state index contributed by atoms with van der Waals surface area (Å²) in [4.78, 5) is 27.9. The van der Waals surface area contributed by atoms with Gasteiger partial charge in [-0.15, -0.1) is 0 Å². The van der Waals surface area contributed by atoms with Crippen molar-refractivity contribution >= 4 is 23.2 Å². The molecule has 0 aliphatic carbocycles. The van der Waals surface area contributed by atoms with Crippen LogP contribution in [-0.4, -0.2) is 49.5 Å². The van der Waals surface area contributed by atoms with Gasteiger partial charge in [-0.25, -0.2) is 0 Å². The Balaban J connectivity index is 1.48. The van der Waals surface area contributed by atoms with Crippen molar-refractivity contribution in [1.82, 2.24) is 4.90 Å².